The van der Waals surface area contributed by atoms with Gasteiger partial charge in [-0.05, 0) is 69.5 Å². The fourth-order valence-corrected chi connectivity index (χ4v) is 4.55. The molecule has 1 N–H and O–H groups in total. The molecule has 202 valence electrons. The summed E-state index contributed by atoms with van der Waals surface area (Å²) in [4.78, 5) is 4.28. The molecule has 1 aromatic heterocycles. The molecule has 0 saturated heterocycles. The van der Waals surface area contributed by atoms with Crippen molar-refractivity contribution in [3.8, 4) is 0 Å². The minimum absolute atomic E-state index is 0.543. The zero-order valence-electron chi connectivity index (χ0n) is 24.7. The quantitative estimate of drug-likeness (QED) is 0.251. The number of rotatable bonds is 5. The fraction of sp³-hybridized carbons (Fsp3) is 0.270. The van der Waals surface area contributed by atoms with Gasteiger partial charge in [0.25, 0.3) is 0 Å². The van der Waals surface area contributed by atoms with E-state index in [1.54, 1.807) is 0 Å². The van der Waals surface area contributed by atoms with Gasteiger partial charge in [0, 0.05) is 29.9 Å². The molecule has 0 aliphatic heterocycles. The highest BCUT2D eigenvalue weighted by Gasteiger charge is 2.06. The number of fused-ring (bicyclic) bond motifs is 2. The van der Waals surface area contributed by atoms with E-state index in [1.807, 2.05) is 25.4 Å². The number of aromatic nitrogens is 1. The lowest BCUT2D eigenvalue weighted by Crippen LogP contribution is -1.97. The summed E-state index contributed by atoms with van der Waals surface area (Å²) in [7, 11) is 1.94. The van der Waals surface area contributed by atoms with Crippen molar-refractivity contribution in [1.82, 2.24) is 4.98 Å². The molecule has 39 heavy (non-hydrogen) atoms. The predicted molar refractivity (Wildman–Crippen MR) is 174 cm³/mol. The smallest absolute Gasteiger partial charge is 0.0702 e. The van der Waals surface area contributed by atoms with Crippen LogP contribution in [0.2, 0.25) is 0 Å². The minimum Gasteiger partial charge on any atom is -0.388 e. The monoisotopic (exact) mass is 516 g/mol. The molecule has 4 aromatic carbocycles. The first kappa shape index (κ1) is 29.6. The average molecular weight is 517 g/mol. The Bertz CT molecular complexity index is 1410. The van der Waals surface area contributed by atoms with E-state index < -0.39 is 0 Å². The number of hydrogen-bond acceptors (Lipinski definition) is 2. The summed E-state index contributed by atoms with van der Waals surface area (Å²) in [5.74, 6) is 1.75. The van der Waals surface area contributed by atoms with Crippen LogP contribution >= 0.6 is 0 Å². The Balaban J connectivity index is 0.000000162. The Morgan fingerprint density at radius 1 is 0.641 bits per heavy atom. The van der Waals surface area contributed by atoms with Crippen molar-refractivity contribution in [3.63, 3.8) is 0 Å². The van der Waals surface area contributed by atoms with Gasteiger partial charge < -0.3 is 5.32 Å². The SMILES string of the molecule is C=Cc1c(NC)cccc1C(C)C.CC(C)c1ccc2ccccc2c1.CC(C)c1ccc2ncccc2c1. The number of pyridine rings is 1. The van der Waals surface area contributed by atoms with E-state index in [4.69, 9.17) is 0 Å². The Morgan fingerprint density at radius 2 is 1.26 bits per heavy atom. The van der Waals surface area contributed by atoms with Crippen molar-refractivity contribution < 1.29 is 0 Å². The van der Waals surface area contributed by atoms with Gasteiger partial charge in [-0.2, -0.15) is 0 Å². The van der Waals surface area contributed by atoms with Crippen molar-refractivity contribution in [2.45, 2.75) is 59.3 Å². The molecule has 0 aliphatic rings. The molecule has 5 rings (SSSR count). The first-order valence-corrected chi connectivity index (χ1v) is 14.0. The molecule has 5 aromatic rings. The van der Waals surface area contributed by atoms with Crippen molar-refractivity contribution in [1.29, 1.82) is 0 Å². The minimum atomic E-state index is 0.543. The fourth-order valence-electron chi connectivity index (χ4n) is 4.55. The highest BCUT2D eigenvalue weighted by atomic mass is 14.8. The molecule has 0 saturated carbocycles. The summed E-state index contributed by atoms with van der Waals surface area (Å²) in [5.41, 5.74) is 7.59. The second-order valence-electron chi connectivity index (χ2n) is 10.8. The van der Waals surface area contributed by atoms with E-state index in [2.05, 4.69) is 143 Å². The Kier molecular flexibility index (Phi) is 10.9. The Hall–Kier alpha value is -3.91. The zero-order valence-corrected chi connectivity index (χ0v) is 24.7. The van der Waals surface area contributed by atoms with Crippen LogP contribution in [0.25, 0.3) is 27.8 Å². The second kappa shape index (κ2) is 14.3. The first-order valence-electron chi connectivity index (χ1n) is 14.0. The maximum atomic E-state index is 4.28. The molecule has 0 unspecified atom stereocenters. The van der Waals surface area contributed by atoms with Crippen LogP contribution in [0, 0.1) is 0 Å². The summed E-state index contributed by atoms with van der Waals surface area (Å²) in [6.07, 6.45) is 3.75. The van der Waals surface area contributed by atoms with Crippen LogP contribution < -0.4 is 5.32 Å². The van der Waals surface area contributed by atoms with Crippen molar-refractivity contribution in [2.24, 2.45) is 0 Å². The summed E-state index contributed by atoms with van der Waals surface area (Å²) < 4.78 is 0. The van der Waals surface area contributed by atoms with E-state index in [9.17, 15) is 0 Å². The van der Waals surface area contributed by atoms with Crippen LogP contribution in [0.15, 0.2) is 104 Å². The normalized spacial score (nSPS) is 10.7. The van der Waals surface area contributed by atoms with Crippen LogP contribution in [0.4, 0.5) is 5.69 Å². The summed E-state index contributed by atoms with van der Waals surface area (Å²) >= 11 is 0. The number of nitrogens with one attached hydrogen (secondary N) is 1. The highest BCUT2D eigenvalue weighted by molar-refractivity contribution is 5.83. The summed E-state index contributed by atoms with van der Waals surface area (Å²) in [6, 6.07) is 32.0. The van der Waals surface area contributed by atoms with Crippen molar-refractivity contribution in [3.05, 3.63) is 126 Å². The summed E-state index contributed by atoms with van der Waals surface area (Å²) in [5, 5.41) is 7.07. The number of hydrogen-bond donors (Lipinski definition) is 1. The third-order valence-electron chi connectivity index (χ3n) is 6.97. The van der Waals surface area contributed by atoms with E-state index in [1.165, 1.54) is 38.4 Å². The molecule has 0 fully saturated rings. The third-order valence-corrected chi connectivity index (χ3v) is 6.97. The first-order chi connectivity index (χ1) is 18.7. The van der Waals surface area contributed by atoms with Crippen molar-refractivity contribution >= 4 is 33.4 Å². The predicted octanol–water partition coefficient (Wildman–Crippen LogP) is 10.8. The third kappa shape index (κ3) is 8.04. The number of nitrogens with zero attached hydrogens (tertiary/aromatic N) is 1. The van der Waals surface area contributed by atoms with Gasteiger partial charge in [-0.3, -0.25) is 4.98 Å². The average Bonchev–Trinajstić information content (AvgIpc) is 2.96. The van der Waals surface area contributed by atoms with Gasteiger partial charge in [-0.15, -0.1) is 0 Å². The second-order valence-corrected chi connectivity index (χ2v) is 10.8. The number of benzene rings is 4. The lowest BCUT2D eigenvalue weighted by molar-refractivity contribution is 0.864. The maximum absolute atomic E-state index is 4.28. The lowest BCUT2D eigenvalue weighted by Gasteiger charge is -2.13. The maximum Gasteiger partial charge on any atom is 0.0702 e. The molecule has 2 nitrogen and oxygen atoms in total. The van der Waals surface area contributed by atoms with Crippen molar-refractivity contribution in [2.75, 3.05) is 12.4 Å². The molecule has 2 heteroatoms. The van der Waals surface area contributed by atoms with Gasteiger partial charge in [0.15, 0.2) is 0 Å². The van der Waals surface area contributed by atoms with Crippen LogP contribution in [0.5, 0.6) is 0 Å². The Labute approximate surface area is 235 Å². The summed E-state index contributed by atoms with van der Waals surface area (Å²) in [6.45, 7) is 17.1. The highest BCUT2D eigenvalue weighted by Crippen LogP contribution is 2.26. The van der Waals surface area contributed by atoms with E-state index in [0.717, 1.165) is 11.2 Å². The zero-order chi connectivity index (χ0) is 28.4. The van der Waals surface area contributed by atoms with E-state index >= 15 is 0 Å². The molecule has 0 aliphatic carbocycles. The van der Waals surface area contributed by atoms with Crippen LogP contribution in [0.1, 0.15) is 81.5 Å². The van der Waals surface area contributed by atoms with E-state index in [-0.39, 0.29) is 0 Å². The van der Waals surface area contributed by atoms with Gasteiger partial charge in [0.05, 0.1) is 5.52 Å². The largest absolute Gasteiger partial charge is 0.388 e. The van der Waals surface area contributed by atoms with Crippen LogP contribution in [-0.4, -0.2) is 12.0 Å². The Morgan fingerprint density at radius 3 is 1.87 bits per heavy atom. The van der Waals surface area contributed by atoms with Gasteiger partial charge in [0.1, 0.15) is 0 Å². The number of anilines is 1. The van der Waals surface area contributed by atoms with Crippen LogP contribution in [-0.2, 0) is 0 Å². The van der Waals surface area contributed by atoms with E-state index in [0.29, 0.717) is 17.8 Å². The van der Waals surface area contributed by atoms with Crippen LogP contribution in [0.3, 0.4) is 0 Å². The standard InChI is InChI=1S/C13H14.C12H13N.C12H17N/c1-10(2)12-8-7-11-5-3-4-6-13(11)9-12;1-9(2)10-5-6-12-11(8-10)4-3-7-13-12;1-5-10-11(9(2)3)7-6-8-12(10)13-4/h3-10H,1-2H3;3-9H,1-2H3;5-9,13H,1H2,2-4H3. The van der Waals surface area contributed by atoms with Gasteiger partial charge in [-0.25, -0.2) is 0 Å². The van der Waals surface area contributed by atoms with Gasteiger partial charge >= 0.3 is 0 Å². The topological polar surface area (TPSA) is 24.9 Å². The molecule has 1 heterocycles. The molecule has 0 bridgehead atoms. The molecular formula is C37H44N2. The molecule has 0 spiro atoms. The lowest BCUT2D eigenvalue weighted by atomic mass is 9.96. The van der Waals surface area contributed by atoms with Gasteiger partial charge in [0.2, 0.25) is 0 Å². The molecule has 0 radical (unpaired) electrons. The molecule has 0 atom stereocenters. The van der Waals surface area contributed by atoms with Gasteiger partial charge in [-0.1, -0.05) is 121 Å². The molecule has 0 amide bonds. The molecular weight excluding hydrogens is 472 g/mol.